The molecule has 0 saturated carbocycles. The molecule has 1 heterocycles. The molecule has 0 spiro atoms. The minimum atomic E-state index is -0.0579. The molecule has 24 heavy (non-hydrogen) atoms. The summed E-state index contributed by atoms with van der Waals surface area (Å²) in [5, 5.41) is 6.42. The lowest BCUT2D eigenvalue weighted by molar-refractivity contribution is -0.122. The van der Waals surface area contributed by atoms with Crippen molar-refractivity contribution < 1.29 is 14.3 Å². The van der Waals surface area contributed by atoms with Crippen LogP contribution in [0.3, 0.4) is 0 Å². The van der Waals surface area contributed by atoms with Gasteiger partial charge in [-0.2, -0.15) is 0 Å². The standard InChI is InChI=1S/C19H30N2O3/c1-4-5-11-24-17-9-8-15(12-18(17)23-3)14(2)21-19(22)13-16-7-6-10-20-16/h8-9,12,14,16,20H,4-7,10-11,13H2,1-3H3,(H,21,22). The monoisotopic (exact) mass is 334 g/mol. The molecule has 2 rings (SSSR count). The zero-order valence-corrected chi connectivity index (χ0v) is 15.1. The number of rotatable bonds is 9. The Bertz CT molecular complexity index is 527. The van der Waals surface area contributed by atoms with E-state index in [4.69, 9.17) is 9.47 Å². The van der Waals surface area contributed by atoms with Crippen LogP contribution < -0.4 is 20.1 Å². The Morgan fingerprint density at radius 1 is 1.42 bits per heavy atom. The van der Waals surface area contributed by atoms with Crippen molar-refractivity contribution >= 4 is 5.91 Å². The van der Waals surface area contributed by atoms with Crippen molar-refractivity contribution in [3.63, 3.8) is 0 Å². The molecule has 0 aliphatic carbocycles. The summed E-state index contributed by atoms with van der Waals surface area (Å²) >= 11 is 0. The summed E-state index contributed by atoms with van der Waals surface area (Å²) in [6, 6.07) is 6.12. The molecule has 1 aromatic rings. The number of hydrogen-bond acceptors (Lipinski definition) is 4. The van der Waals surface area contributed by atoms with Crippen molar-refractivity contribution in [1.82, 2.24) is 10.6 Å². The third-order valence-corrected chi connectivity index (χ3v) is 4.41. The highest BCUT2D eigenvalue weighted by Gasteiger charge is 2.19. The van der Waals surface area contributed by atoms with Crippen LogP contribution in [0.4, 0.5) is 0 Å². The van der Waals surface area contributed by atoms with E-state index < -0.39 is 0 Å². The van der Waals surface area contributed by atoms with E-state index in [1.54, 1.807) is 7.11 Å². The Hall–Kier alpha value is -1.75. The van der Waals surface area contributed by atoms with E-state index in [1.807, 2.05) is 25.1 Å². The van der Waals surface area contributed by atoms with Crippen LogP contribution in [0, 0.1) is 0 Å². The van der Waals surface area contributed by atoms with Crippen molar-refractivity contribution in [2.24, 2.45) is 0 Å². The molecule has 1 amide bonds. The van der Waals surface area contributed by atoms with Gasteiger partial charge in [-0.1, -0.05) is 19.4 Å². The van der Waals surface area contributed by atoms with Crippen LogP contribution in [0.25, 0.3) is 0 Å². The van der Waals surface area contributed by atoms with E-state index in [1.165, 1.54) is 0 Å². The van der Waals surface area contributed by atoms with Gasteiger partial charge in [0.05, 0.1) is 19.8 Å². The number of benzene rings is 1. The van der Waals surface area contributed by atoms with Crippen molar-refractivity contribution in [3.05, 3.63) is 23.8 Å². The zero-order chi connectivity index (χ0) is 17.4. The first-order valence-electron chi connectivity index (χ1n) is 8.97. The third kappa shape index (κ3) is 5.41. The SMILES string of the molecule is CCCCOc1ccc(C(C)NC(=O)CC2CCCN2)cc1OC. The molecule has 5 nitrogen and oxygen atoms in total. The van der Waals surface area contributed by atoms with Crippen LogP contribution in [0.2, 0.25) is 0 Å². The molecule has 5 heteroatoms. The van der Waals surface area contributed by atoms with E-state index in [9.17, 15) is 4.79 Å². The van der Waals surface area contributed by atoms with E-state index in [2.05, 4.69) is 17.6 Å². The minimum absolute atomic E-state index is 0.0579. The van der Waals surface area contributed by atoms with Gasteiger partial charge in [0.25, 0.3) is 0 Å². The summed E-state index contributed by atoms with van der Waals surface area (Å²) in [6.45, 7) is 5.83. The van der Waals surface area contributed by atoms with Crippen molar-refractivity contribution in [2.75, 3.05) is 20.3 Å². The molecule has 2 N–H and O–H groups in total. The van der Waals surface area contributed by atoms with Crippen molar-refractivity contribution in [1.29, 1.82) is 0 Å². The number of unbranched alkanes of at least 4 members (excludes halogenated alkanes) is 1. The fourth-order valence-electron chi connectivity index (χ4n) is 2.94. The van der Waals surface area contributed by atoms with E-state index in [0.29, 0.717) is 24.8 Å². The average molecular weight is 334 g/mol. The summed E-state index contributed by atoms with van der Waals surface area (Å²) in [5.41, 5.74) is 1.02. The van der Waals surface area contributed by atoms with Crippen LogP contribution in [-0.2, 0) is 4.79 Å². The van der Waals surface area contributed by atoms with Crippen molar-refractivity contribution in [2.45, 2.75) is 58.0 Å². The number of hydrogen-bond donors (Lipinski definition) is 2. The summed E-state index contributed by atoms with van der Waals surface area (Å²) in [6.07, 6.45) is 4.90. The number of methoxy groups -OCH3 is 1. The first kappa shape index (κ1) is 18.6. The van der Waals surface area contributed by atoms with Crippen LogP contribution in [0.1, 0.15) is 57.6 Å². The van der Waals surface area contributed by atoms with Gasteiger partial charge in [0.15, 0.2) is 11.5 Å². The summed E-state index contributed by atoms with van der Waals surface area (Å²) < 4.78 is 11.2. The van der Waals surface area contributed by atoms with Crippen LogP contribution in [-0.4, -0.2) is 32.2 Å². The Morgan fingerprint density at radius 3 is 2.92 bits per heavy atom. The van der Waals surface area contributed by atoms with E-state index in [0.717, 1.165) is 43.5 Å². The second-order valence-corrected chi connectivity index (χ2v) is 6.40. The second-order valence-electron chi connectivity index (χ2n) is 6.40. The highest BCUT2D eigenvalue weighted by Crippen LogP contribution is 2.30. The van der Waals surface area contributed by atoms with Crippen molar-refractivity contribution in [3.8, 4) is 11.5 Å². The lowest BCUT2D eigenvalue weighted by atomic mass is 10.1. The van der Waals surface area contributed by atoms with Crippen LogP contribution in [0.5, 0.6) is 11.5 Å². The summed E-state index contributed by atoms with van der Waals surface area (Å²) in [4.78, 5) is 12.2. The molecule has 1 saturated heterocycles. The zero-order valence-electron chi connectivity index (χ0n) is 15.1. The molecular formula is C19H30N2O3. The molecule has 1 fully saturated rings. The largest absolute Gasteiger partial charge is 0.493 e. The smallest absolute Gasteiger partial charge is 0.222 e. The van der Waals surface area contributed by atoms with Crippen LogP contribution >= 0.6 is 0 Å². The Balaban J connectivity index is 1.92. The highest BCUT2D eigenvalue weighted by molar-refractivity contribution is 5.77. The maximum Gasteiger partial charge on any atom is 0.222 e. The average Bonchev–Trinajstić information content (AvgIpc) is 3.07. The Labute approximate surface area is 145 Å². The minimum Gasteiger partial charge on any atom is -0.493 e. The molecule has 0 aromatic heterocycles. The maximum absolute atomic E-state index is 12.2. The predicted molar refractivity (Wildman–Crippen MR) is 95.6 cm³/mol. The quantitative estimate of drug-likeness (QED) is 0.681. The molecular weight excluding hydrogens is 304 g/mol. The Morgan fingerprint density at radius 2 is 2.25 bits per heavy atom. The van der Waals surface area contributed by atoms with Crippen LogP contribution in [0.15, 0.2) is 18.2 Å². The molecule has 2 atom stereocenters. The number of amides is 1. The third-order valence-electron chi connectivity index (χ3n) is 4.41. The fourth-order valence-corrected chi connectivity index (χ4v) is 2.94. The second kappa shape index (κ2) is 9.52. The fraction of sp³-hybridized carbons (Fsp3) is 0.632. The topological polar surface area (TPSA) is 59.6 Å². The summed E-state index contributed by atoms with van der Waals surface area (Å²) in [7, 11) is 1.64. The van der Waals surface area contributed by atoms with Gasteiger partial charge in [0, 0.05) is 12.5 Å². The number of carbonyl (C=O) groups excluding carboxylic acids is 1. The molecule has 0 radical (unpaired) electrons. The van der Waals surface area contributed by atoms with Gasteiger partial charge in [-0.25, -0.2) is 0 Å². The van der Waals surface area contributed by atoms with E-state index >= 15 is 0 Å². The first-order valence-corrected chi connectivity index (χ1v) is 8.97. The number of ether oxygens (including phenoxy) is 2. The maximum atomic E-state index is 12.2. The molecule has 0 bridgehead atoms. The van der Waals surface area contributed by atoms with Gasteiger partial charge < -0.3 is 20.1 Å². The molecule has 134 valence electrons. The van der Waals surface area contributed by atoms with Gasteiger partial charge in [0.2, 0.25) is 5.91 Å². The van der Waals surface area contributed by atoms with Gasteiger partial charge in [-0.15, -0.1) is 0 Å². The van der Waals surface area contributed by atoms with Gasteiger partial charge in [-0.3, -0.25) is 4.79 Å². The normalized spacial score (nSPS) is 18.2. The van der Waals surface area contributed by atoms with Gasteiger partial charge in [-0.05, 0) is 50.4 Å². The lowest BCUT2D eigenvalue weighted by Crippen LogP contribution is -2.33. The molecule has 1 aliphatic rings. The number of carbonyl (C=O) groups is 1. The molecule has 1 aliphatic heterocycles. The molecule has 1 aromatic carbocycles. The Kier molecular flexibility index (Phi) is 7.37. The first-order chi connectivity index (χ1) is 11.6. The number of nitrogens with one attached hydrogen (secondary N) is 2. The van der Waals surface area contributed by atoms with E-state index in [-0.39, 0.29) is 11.9 Å². The predicted octanol–water partition coefficient (Wildman–Crippen LogP) is 3.19. The summed E-state index contributed by atoms with van der Waals surface area (Å²) in [5.74, 6) is 1.55. The van der Waals surface area contributed by atoms with Gasteiger partial charge in [0.1, 0.15) is 0 Å². The molecule has 2 unspecified atom stereocenters. The lowest BCUT2D eigenvalue weighted by Gasteiger charge is -2.18. The highest BCUT2D eigenvalue weighted by atomic mass is 16.5. The van der Waals surface area contributed by atoms with Gasteiger partial charge >= 0.3 is 0 Å².